The molecule has 0 heterocycles. The van der Waals surface area contributed by atoms with Crippen LogP contribution in [-0.4, -0.2) is 9.85 Å². The Morgan fingerprint density at radius 1 is 0.727 bits per heavy atom. The number of nitro groups is 2. The van der Waals surface area contributed by atoms with Crippen molar-refractivity contribution >= 4 is 44.3 Å². The van der Waals surface area contributed by atoms with Crippen molar-refractivity contribution in [2.24, 2.45) is 0 Å². The van der Waals surface area contributed by atoms with Crippen LogP contribution in [-0.2, 0) is 0 Å². The minimum absolute atomic E-state index is 0.0433. The first-order valence-electron chi connectivity index (χ1n) is 6.23. The van der Waals surface area contributed by atoms with E-state index in [2.05, 4.69) is 0 Å². The summed E-state index contributed by atoms with van der Waals surface area (Å²) in [4.78, 5) is 21.3. The molecule has 0 aliphatic heterocycles. The topological polar surface area (TPSA) is 138 Å². The minimum Gasteiger partial charge on any atom is -0.393 e. The quantitative estimate of drug-likeness (QED) is 0.322. The molecule has 0 saturated heterocycles. The Balaban J connectivity index is 2.51. The third-order valence-electron chi connectivity index (χ3n) is 3.53. The Hall–Kier alpha value is -3.42. The highest BCUT2D eigenvalue weighted by atomic mass is 16.6. The van der Waals surface area contributed by atoms with E-state index in [0.29, 0.717) is 21.5 Å². The molecule has 3 aromatic carbocycles. The molecule has 0 bridgehead atoms. The van der Waals surface area contributed by atoms with Crippen LogP contribution in [0.3, 0.4) is 0 Å². The van der Waals surface area contributed by atoms with E-state index in [0.717, 1.165) is 0 Å². The van der Waals surface area contributed by atoms with E-state index in [-0.39, 0.29) is 22.7 Å². The third-order valence-corrected chi connectivity index (χ3v) is 3.53. The van der Waals surface area contributed by atoms with Crippen molar-refractivity contribution in [2.45, 2.75) is 0 Å². The molecule has 0 radical (unpaired) electrons. The molecule has 0 aliphatic rings. The molecule has 3 aromatic rings. The van der Waals surface area contributed by atoms with E-state index < -0.39 is 9.85 Å². The van der Waals surface area contributed by atoms with Crippen LogP contribution in [0.4, 0.5) is 22.7 Å². The minimum atomic E-state index is -0.560. The van der Waals surface area contributed by atoms with E-state index >= 15 is 0 Å². The van der Waals surface area contributed by atoms with Gasteiger partial charge in [0.25, 0.3) is 11.4 Å². The lowest BCUT2D eigenvalue weighted by molar-refractivity contribution is -0.382. The molecule has 22 heavy (non-hydrogen) atoms. The van der Waals surface area contributed by atoms with Gasteiger partial charge in [-0.25, -0.2) is 0 Å². The molecule has 8 nitrogen and oxygen atoms in total. The maximum absolute atomic E-state index is 11.2. The average molecular weight is 298 g/mol. The Morgan fingerprint density at radius 2 is 1.09 bits per heavy atom. The van der Waals surface area contributed by atoms with Crippen molar-refractivity contribution in [1.29, 1.82) is 0 Å². The summed E-state index contributed by atoms with van der Waals surface area (Å²) in [6, 6.07) is 9.03. The summed E-state index contributed by atoms with van der Waals surface area (Å²) in [6.45, 7) is 0. The van der Waals surface area contributed by atoms with Crippen molar-refractivity contribution in [1.82, 2.24) is 0 Å². The number of benzene rings is 3. The number of fused-ring (bicyclic) bond motifs is 2. The third kappa shape index (κ3) is 1.85. The van der Waals surface area contributed by atoms with Gasteiger partial charge in [0.1, 0.15) is 11.4 Å². The van der Waals surface area contributed by atoms with Gasteiger partial charge in [0, 0.05) is 0 Å². The van der Waals surface area contributed by atoms with Gasteiger partial charge in [0.05, 0.1) is 20.6 Å². The van der Waals surface area contributed by atoms with Gasteiger partial charge in [-0.2, -0.15) is 0 Å². The number of hydrogen-bond donors (Lipinski definition) is 2. The fraction of sp³-hybridized carbons (Fsp3) is 0. The monoisotopic (exact) mass is 298 g/mol. The zero-order valence-corrected chi connectivity index (χ0v) is 11.1. The number of nitro benzene ring substituents is 2. The zero-order chi connectivity index (χ0) is 16.0. The summed E-state index contributed by atoms with van der Waals surface area (Å²) in [5, 5.41) is 24.0. The highest BCUT2D eigenvalue weighted by Crippen LogP contribution is 2.38. The molecule has 8 heteroatoms. The highest BCUT2D eigenvalue weighted by Gasteiger charge is 2.21. The molecule has 0 saturated carbocycles. The molecule has 110 valence electrons. The Morgan fingerprint density at radius 3 is 1.41 bits per heavy atom. The lowest BCUT2D eigenvalue weighted by Gasteiger charge is -2.07. The van der Waals surface area contributed by atoms with Crippen LogP contribution < -0.4 is 11.5 Å². The number of nitrogens with zero attached hydrogens (tertiary/aromatic N) is 2. The Bertz CT molecular complexity index is 889. The largest absolute Gasteiger partial charge is 0.393 e. The van der Waals surface area contributed by atoms with Gasteiger partial charge < -0.3 is 11.5 Å². The van der Waals surface area contributed by atoms with E-state index in [1.54, 1.807) is 12.1 Å². The van der Waals surface area contributed by atoms with Crippen LogP contribution in [0, 0.1) is 20.2 Å². The van der Waals surface area contributed by atoms with Crippen LogP contribution in [0.2, 0.25) is 0 Å². The smallest absolute Gasteiger partial charge is 0.299 e. The number of hydrogen-bond acceptors (Lipinski definition) is 6. The van der Waals surface area contributed by atoms with Gasteiger partial charge in [0.15, 0.2) is 0 Å². The average Bonchev–Trinajstić information content (AvgIpc) is 2.44. The first-order valence-corrected chi connectivity index (χ1v) is 6.23. The second-order valence-corrected chi connectivity index (χ2v) is 4.82. The molecular weight excluding hydrogens is 288 g/mol. The standard InChI is InChI=1S/C14H10N4O4/c15-11-3-1-7-5-10-8(6-9(7)13(11)17(19)20)2-4-12(16)14(10)18(21)22/h1-6H,15-16H2. The number of nitrogen functional groups attached to an aromatic ring is 2. The van der Waals surface area contributed by atoms with E-state index in [9.17, 15) is 20.2 Å². The molecule has 3 rings (SSSR count). The SMILES string of the molecule is Nc1ccc2cc3c([N+](=O)[O-])c(N)ccc3cc2c1[N+](=O)[O-]. The normalized spacial score (nSPS) is 10.9. The van der Waals surface area contributed by atoms with E-state index in [1.807, 2.05) is 0 Å². The van der Waals surface area contributed by atoms with E-state index in [1.165, 1.54) is 24.3 Å². The second kappa shape index (κ2) is 4.55. The van der Waals surface area contributed by atoms with Crippen molar-refractivity contribution in [3.63, 3.8) is 0 Å². The predicted octanol–water partition coefficient (Wildman–Crippen LogP) is 2.97. The summed E-state index contributed by atoms with van der Waals surface area (Å²) in [6.07, 6.45) is 0. The summed E-state index contributed by atoms with van der Waals surface area (Å²) < 4.78 is 0. The Kier molecular flexibility index (Phi) is 2.81. The first-order chi connectivity index (χ1) is 10.4. The number of anilines is 2. The molecule has 0 aromatic heterocycles. The van der Waals surface area contributed by atoms with Crippen LogP contribution in [0.5, 0.6) is 0 Å². The second-order valence-electron chi connectivity index (χ2n) is 4.82. The molecule has 0 atom stereocenters. The first kappa shape index (κ1) is 13.6. The van der Waals surface area contributed by atoms with Crippen LogP contribution in [0.1, 0.15) is 0 Å². The van der Waals surface area contributed by atoms with Gasteiger partial charge in [-0.15, -0.1) is 0 Å². The fourth-order valence-electron chi connectivity index (χ4n) is 2.55. The van der Waals surface area contributed by atoms with Gasteiger partial charge >= 0.3 is 0 Å². The summed E-state index contributed by atoms with van der Waals surface area (Å²) in [7, 11) is 0. The van der Waals surface area contributed by atoms with Crippen LogP contribution >= 0.6 is 0 Å². The summed E-state index contributed by atoms with van der Waals surface area (Å²) in [5.41, 5.74) is 11.0. The van der Waals surface area contributed by atoms with Crippen LogP contribution in [0.15, 0.2) is 36.4 Å². The molecule has 0 spiro atoms. The van der Waals surface area contributed by atoms with Crippen molar-refractivity contribution in [3.8, 4) is 0 Å². The van der Waals surface area contributed by atoms with Crippen LogP contribution in [0.25, 0.3) is 21.5 Å². The molecule has 0 unspecified atom stereocenters. The van der Waals surface area contributed by atoms with Crippen molar-refractivity contribution in [3.05, 3.63) is 56.6 Å². The zero-order valence-electron chi connectivity index (χ0n) is 11.1. The molecule has 0 fully saturated rings. The maximum Gasteiger partial charge on any atom is 0.299 e. The van der Waals surface area contributed by atoms with Gasteiger partial charge in [-0.3, -0.25) is 20.2 Å². The maximum atomic E-state index is 11.2. The predicted molar refractivity (Wildman–Crippen MR) is 83.6 cm³/mol. The molecule has 4 N–H and O–H groups in total. The lowest BCUT2D eigenvalue weighted by atomic mass is 10.00. The van der Waals surface area contributed by atoms with Gasteiger partial charge in [-0.05, 0) is 35.0 Å². The molecular formula is C14H10N4O4. The van der Waals surface area contributed by atoms with Crippen molar-refractivity contribution < 1.29 is 9.85 Å². The molecule has 0 aliphatic carbocycles. The lowest BCUT2D eigenvalue weighted by Crippen LogP contribution is -1.98. The number of rotatable bonds is 2. The Labute approximate surface area is 123 Å². The fourth-order valence-corrected chi connectivity index (χ4v) is 2.55. The number of nitrogens with two attached hydrogens (primary N) is 2. The summed E-state index contributed by atoms with van der Waals surface area (Å²) in [5.74, 6) is 0. The van der Waals surface area contributed by atoms with E-state index in [4.69, 9.17) is 11.5 Å². The van der Waals surface area contributed by atoms with Gasteiger partial charge in [-0.1, -0.05) is 12.1 Å². The highest BCUT2D eigenvalue weighted by molar-refractivity contribution is 6.08. The van der Waals surface area contributed by atoms with Gasteiger partial charge in [0.2, 0.25) is 0 Å². The summed E-state index contributed by atoms with van der Waals surface area (Å²) >= 11 is 0. The molecule has 0 amide bonds. The van der Waals surface area contributed by atoms with Crippen molar-refractivity contribution in [2.75, 3.05) is 11.5 Å².